The van der Waals surface area contributed by atoms with Crippen LogP contribution in [0.15, 0.2) is 18.2 Å². The Morgan fingerprint density at radius 3 is 3.06 bits per heavy atom. The summed E-state index contributed by atoms with van der Waals surface area (Å²) in [4.78, 5) is 11.7. The number of rotatable bonds is 3. The van der Waals surface area contributed by atoms with Gasteiger partial charge in [-0.3, -0.25) is 0 Å². The van der Waals surface area contributed by atoms with Gasteiger partial charge in [0.2, 0.25) is 0 Å². The minimum atomic E-state index is -0.307. The van der Waals surface area contributed by atoms with E-state index in [2.05, 4.69) is 0 Å². The number of cyclic esters (lactones) is 1. The summed E-state index contributed by atoms with van der Waals surface area (Å²) in [5.74, 6) is 0.391. The molecule has 0 amide bonds. The van der Waals surface area contributed by atoms with E-state index in [0.29, 0.717) is 30.9 Å². The van der Waals surface area contributed by atoms with Gasteiger partial charge in [0.25, 0.3) is 0 Å². The van der Waals surface area contributed by atoms with Crippen LogP contribution in [0.25, 0.3) is 0 Å². The van der Waals surface area contributed by atoms with E-state index in [4.69, 9.17) is 15.2 Å². The Morgan fingerprint density at radius 1 is 1.56 bits per heavy atom. The average molecular weight is 221 g/mol. The van der Waals surface area contributed by atoms with Gasteiger partial charge >= 0.3 is 5.97 Å². The first-order chi connectivity index (χ1) is 7.74. The van der Waals surface area contributed by atoms with Crippen LogP contribution < -0.4 is 10.5 Å². The quantitative estimate of drug-likeness (QED) is 0.777. The zero-order chi connectivity index (χ0) is 11.5. The molecule has 1 unspecified atom stereocenters. The summed E-state index contributed by atoms with van der Waals surface area (Å²) >= 11 is 0. The highest BCUT2D eigenvalue weighted by Crippen LogP contribution is 2.24. The molecule has 0 bridgehead atoms. The zero-order valence-electron chi connectivity index (χ0n) is 9.23. The van der Waals surface area contributed by atoms with Gasteiger partial charge < -0.3 is 15.2 Å². The molecule has 0 saturated heterocycles. The van der Waals surface area contributed by atoms with Crippen molar-refractivity contribution in [3.05, 3.63) is 29.3 Å². The third-order valence-corrected chi connectivity index (χ3v) is 2.60. The molecule has 4 heteroatoms. The van der Waals surface area contributed by atoms with E-state index in [0.717, 1.165) is 5.56 Å². The van der Waals surface area contributed by atoms with Gasteiger partial charge in [-0.1, -0.05) is 6.07 Å². The molecule has 1 heterocycles. The van der Waals surface area contributed by atoms with E-state index in [1.54, 1.807) is 6.07 Å². The van der Waals surface area contributed by atoms with Gasteiger partial charge in [0.05, 0.1) is 12.2 Å². The predicted molar refractivity (Wildman–Crippen MR) is 59.6 cm³/mol. The molecule has 1 aromatic carbocycles. The molecule has 0 aliphatic carbocycles. The molecule has 1 atom stereocenters. The van der Waals surface area contributed by atoms with Crippen molar-refractivity contribution in [1.82, 2.24) is 0 Å². The Bertz CT molecular complexity index is 403. The van der Waals surface area contributed by atoms with Crippen LogP contribution in [0.3, 0.4) is 0 Å². The number of fused-ring (bicyclic) bond motifs is 1. The molecule has 16 heavy (non-hydrogen) atoms. The van der Waals surface area contributed by atoms with Crippen molar-refractivity contribution in [2.24, 2.45) is 5.73 Å². The molecule has 1 aliphatic rings. The van der Waals surface area contributed by atoms with E-state index in [1.807, 2.05) is 19.1 Å². The average Bonchev–Trinajstić information content (AvgIpc) is 2.30. The minimum absolute atomic E-state index is 0.196. The van der Waals surface area contributed by atoms with Crippen molar-refractivity contribution < 1.29 is 14.3 Å². The van der Waals surface area contributed by atoms with E-state index >= 15 is 0 Å². The van der Waals surface area contributed by atoms with Gasteiger partial charge in [-0.05, 0) is 24.6 Å². The first-order valence-corrected chi connectivity index (χ1v) is 5.41. The maximum atomic E-state index is 11.7. The zero-order valence-corrected chi connectivity index (χ0v) is 9.23. The standard InChI is InChI=1S/C12H15NO3/c1-2-15-9-4-3-8-5-10(7-13)16-12(14)11(8)6-9/h3-4,6,10H,2,5,7,13H2,1H3. The first-order valence-electron chi connectivity index (χ1n) is 5.41. The Morgan fingerprint density at radius 2 is 2.38 bits per heavy atom. The molecular weight excluding hydrogens is 206 g/mol. The predicted octanol–water partition coefficient (Wildman–Crippen LogP) is 1.13. The van der Waals surface area contributed by atoms with E-state index in [-0.39, 0.29) is 12.1 Å². The van der Waals surface area contributed by atoms with Crippen LogP contribution in [-0.4, -0.2) is 25.2 Å². The molecule has 2 N–H and O–H groups in total. The largest absolute Gasteiger partial charge is 0.494 e. The number of nitrogens with two attached hydrogens (primary N) is 1. The lowest BCUT2D eigenvalue weighted by Crippen LogP contribution is -2.33. The van der Waals surface area contributed by atoms with Crippen LogP contribution >= 0.6 is 0 Å². The molecule has 86 valence electrons. The maximum Gasteiger partial charge on any atom is 0.338 e. The minimum Gasteiger partial charge on any atom is -0.494 e. The monoisotopic (exact) mass is 221 g/mol. The first kappa shape index (κ1) is 11.0. The van der Waals surface area contributed by atoms with Gasteiger partial charge in [0.1, 0.15) is 11.9 Å². The topological polar surface area (TPSA) is 61.5 Å². The molecule has 0 radical (unpaired) electrons. The van der Waals surface area contributed by atoms with Crippen LogP contribution in [0, 0.1) is 0 Å². The molecule has 4 nitrogen and oxygen atoms in total. The third-order valence-electron chi connectivity index (χ3n) is 2.60. The highest BCUT2D eigenvalue weighted by Gasteiger charge is 2.25. The number of hydrogen-bond acceptors (Lipinski definition) is 4. The molecular formula is C12H15NO3. The Hall–Kier alpha value is -1.55. The SMILES string of the molecule is CCOc1ccc2c(c1)C(=O)OC(CN)C2. The summed E-state index contributed by atoms with van der Waals surface area (Å²) in [5, 5.41) is 0. The van der Waals surface area contributed by atoms with Crippen LogP contribution in [-0.2, 0) is 11.2 Å². The number of carbonyl (C=O) groups is 1. The molecule has 0 aromatic heterocycles. The molecule has 0 spiro atoms. The number of benzene rings is 1. The summed E-state index contributed by atoms with van der Waals surface area (Å²) in [7, 11) is 0. The van der Waals surface area contributed by atoms with Crippen molar-refractivity contribution >= 4 is 5.97 Å². The van der Waals surface area contributed by atoms with Crippen molar-refractivity contribution in [1.29, 1.82) is 0 Å². The Kier molecular flexibility index (Phi) is 3.10. The molecule has 0 saturated carbocycles. The van der Waals surface area contributed by atoms with Gasteiger partial charge in [-0.25, -0.2) is 4.79 Å². The lowest BCUT2D eigenvalue weighted by molar-refractivity contribution is 0.0278. The van der Waals surface area contributed by atoms with Crippen molar-refractivity contribution in [3.63, 3.8) is 0 Å². The van der Waals surface area contributed by atoms with Gasteiger partial charge in [-0.15, -0.1) is 0 Å². The summed E-state index contributed by atoms with van der Waals surface area (Å²) < 4.78 is 10.5. The van der Waals surface area contributed by atoms with E-state index in [9.17, 15) is 4.79 Å². The fourth-order valence-electron chi connectivity index (χ4n) is 1.81. The molecule has 0 fully saturated rings. The Labute approximate surface area is 94.3 Å². The summed E-state index contributed by atoms with van der Waals surface area (Å²) in [5.41, 5.74) is 7.07. The lowest BCUT2D eigenvalue weighted by Gasteiger charge is -2.23. The number of esters is 1. The van der Waals surface area contributed by atoms with Crippen LogP contribution in [0.5, 0.6) is 5.75 Å². The molecule has 2 rings (SSSR count). The smallest absolute Gasteiger partial charge is 0.338 e. The Balaban J connectivity index is 2.30. The normalized spacial score (nSPS) is 18.9. The fraction of sp³-hybridized carbons (Fsp3) is 0.417. The molecule has 1 aromatic rings. The highest BCUT2D eigenvalue weighted by molar-refractivity contribution is 5.92. The van der Waals surface area contributed by atoms with Crippen LogP contribution in [0.1, 0.15) is 22.8 Å². The summed E-state index contributed by atoms with van der Waals surface area (Å²) in [6.07, 6.45) is 0.488. The number of ether oxygens (including phenoxy) is 2. The third kappa shape index (κ3) is 2.02. The second-order valence-electron chi connectivity index (χ2n) is 3.72. The maximum absolute atomic E-state index is 11.7. The second-order valence-corrected chi connectivity index (χ2v) is 3.72. The van der Waals surface area contributed by atoms with E-state index in [1.165, 1.54) is 0 Å². The van der Waals surface area contributed by atoms with Crippen LogP contribution in [0.4, 0.5) is 0 Å². The number of hydrogen-bond donors (Lipinski definition) is 1. The number of carbonyl (C=O) groups excluding carboxylic acids is 1. The second kappa shape index (κ2) is 4.53. The van der Waals surface area contributed by atoms with Gasteiger partial charge in [-0.2, -0.15) is 0 Å². The van der Waals surface area contributed by atoms with Gasteiger partial charge in [0.15, 0.2) is 0 Å². The fourth-order valence-corrected chi connectivity index (χ4v) is 1.81. The van der Waals surface area contributed by atoms with Gasteiger partial charge in [0, 0.05) is 13.0 Å². The van der Waals surface area contributed by atoms with Crippen LogP contribution in [0.2, 0.25) is 0 Å². The molecule has 1 aliphatic heterocycles. The lowest BCUT2D eigenvalue weighted by atomic mass is 9.98. The van der Waals surface area contributed by atoms with Crippen molar-refractivity contribution in [3.8, 4) is 5.75 Å². The summed E-state index contributed by atoms with van der Waals surface area (Å²) in [6.45, 7) is 2.85. The van der Waals surface area contributed by atoms with E-state index < -0.39 is 0 Å². The van der Waals surface area contributed by atoms with Crippen molar-refractivity contribution in [2.75, 3.05) is 13.2 Å². The summed E-state index contributed by atoms with van der Waals surface area (Å²) in [6, 6.07) is 5.51. The van der Waals surface area contributed by atoms with Crippen molar-refractivity contribution in [2.45, 2.75) is 19.4 Å². The highest BCUT2D eigenvalue weighted by atomic mass is 16.5.